The Balaban J connectivity index is 0. The van der Waals surface area contributed by atoms with Crippen LogP contribution in [0.15, 0.2) is 0 Å². The van der Waals surface area contributed by atoms with Gasteiger partial charge in [0.1, 0.15) is 0 Å². The number of rotatable bonds is 0. The molecule has 0 aromatic carbocycles. The van der Waals surface area contributed by atoms with E-state index in [1.54, 1.807) is 0 Å². The molecule has 0 spiro atoms. The van der Waals surface area contributed by atoms with E-state index in [0.29, 0.717) is 0 Å². The molecule has 0 bridgehead atoms. The summed E-state index contributed by atoms with van der Waals surface area (Å²) in [5.74, 6) is 0. The summed E-state index contributed by atoms with van der Waals surface area (Å²) < 4.78 is 15.4. The Morgan fingerprint density at radius 2 is 1.80 bits per heavy atom. The van der Waals surface area contributed by atoms with E-state index in [4.69, 9.17) is 8.15 Å². The molecule has 4 heteroatoms. The maximum atomic E-state index is 8.42. The standard InChI is InChI=1S/CH4N.Ni.H2O.O/c1-2;;;/h1-2H2;;1H2;/q-1;+1;;/p-1. The number of nitrogens with two attached hydrogens (primary N) is 1. The van der Waals surface area contributed by atoms with E-state index in [-0.39, 0.29) is 0 Å². The molecule has 0 fully saturated rings. The second-order valence-electron chi connectivity index (χ2n) is 0.0577. The summed E-state index contributed by atoms with van der Waals surface area (Å²) in [6, 6.07) is 0. The molecular weight excluding hydrogens is 117 g/mol. The molecule has 0 aliphatic heterocycles. The van der Waals surface area contributed by atoms with Gasteiger partial charge in [-0.05, 0) is 0 Å². The molecule has 0 aliphatic carbocycles. The van der Waals surface area contributed by atoms with Gasteiger partial charge in [0, 0.05) is 0 Å². The van der Waals surface area contributed by atoms with Crippen LogP contribution in [-0.4, -0.2) is 4.25 Å². The van der Waals surface area contributed by atoms with E-state index in [1.165, 1.54) is 0 Å². The third-order valence-corrected chi connectivity index (χ3v) is 0. The van der Waals surface area contributed by atoms with Gasteiger partial charge in [0.2, 0.25) is 0 Å². The minimum atomic E-state index is -0.625. The second kappa shape index (κ2) is 29.5. The molecule has 0 atom stereocenters. The first-order valence-corrected chi connectivity index (χ1v) is 1.52. The molecule has 0 aromatic rings. The molecule has 0 rings (SSSR count). The molecular formula is CH5NNiO2-. The summed E-state index contributed by atoms with van der Waals surface area (Å²) in [5, 5.41) is 0. The van der Waals surface area contributed by atoms with Crippen LogP contribution in [0.3, 0.4) is 0 Å². The monoisotopic (exact) mass is 121 g/mol. The van der Waals surface area contributed by atoms with Crippen molar-refractivity contribution in [2.75, 3.05) is 0 Å². The van der Waals surface area contributed by atoms with Gasteiger partial charge in [0.25, 0.3) is 0 Å². The molecule has 0 saturated carbocycles. The van der Waals surface area contributed by atoms with Crippen LogP contribution in [0.2, 0.25) is 0 Å². The predicted octanol–water partition coefficient (Wildman–Crippen LogP) is -0.942. The Kier molecular flexibility index (Phi) is 53.0. The predicted molar refractivity (Wildman–Crippen MR) is 12.4 cm³/mol. The van der Waals surface area contributed by atoms with Gasteiger partial charge in [-0.25, -0.2) is 0 Å². The molecule has 5 heavy (non-hydrogen) atoms. The fourth-order valence-corrected chi connectivity index (χ4v) is 0. The second-order valence-corrected chi connectivity index (χ2v) is 0.238. The Hall–Kier alpha value is 0.214. The van der Waals surface area contributed by atoms with E-state index in [1.807, 2.05) is 0 Å². The van der Waals surface area contributed by atoms with Crippen molar-refractivity contribution in [1.82, 2.24) is 0 Å². The van der Waals surface area contributed by atoms with Crippen LogP contribution in [0.25, 0.3) is 0 Å². The molecule has 3 N–H and O–H groups in total. The van der Waals surface area contributed by atoms with Gasteiger partial charge < -0.3 is 5.73 Å². The molecule has 0 unspecified atom stereocenters. The summed E-state index contributed by atoms with van der Waals surface area (Å²) in [4.78, 5) is 0. The Morgan fingerprint density at radius 1 is 1.80 bits per heavy atom. The Morgan fingerprint density at radius 3 is 1.80 bits per heavy atom. The third-order valence-electron chi connectivity index (χ3n) is 0. The van der Waals surface area contributed by atoms with Crippen LogP contribution >= 0.6 is 0 Å². The number of hydrogen-bond acceptors (Lipinski definition) is 2. The summed E-state index contributed by atoms with van der Waals surface area (Å²) in [5.41, 5.74) is 4.25. The van der Waals surface area contributed by atoms with Gasteiger partial charge in [0.15, 0.2) is 0 Å². The summed E-state index contributed by atoms with van der Waals surface area (Å²) in [6.45, 7) is 0. The van der Waals surface area contributed by atoms with Crippen molar-refractivity contribution in [1.29, 1.82) is 0 Å². The normalized spacial score (nSPS) is 5.40. The van der Waals surface area contributed by atoms with Crippen LogP contribution < -0.4 is 5.73 Å². The van der Waals surface area contributed by atoms with Crippen LogP contribution in [0.1, 0.15) is 0 Å². The zero-order valence-electron chi connectivity index (χ0n) is 2.46. The maximum absolute atomic E-state index is 8.42. The molecule has 37 valence electrons. The van der Waals surface area contributed by atoms with Crippen LogP contribution in [-0.2, 0) is 18.6 Å². The average Bonchev–Trinajstić information content (AvgIpc) is 1.46. The van der Waals surface area contributed by atoms with E-state index in [2.05, 4.69) is 12.8 Å². The van der Waals surface area contributed by atoms with Crippen LogP contribution in [0.5, 0.6) is 0 Å². The third kappa shape index (κ3) is 453. The molecule has 0 saturated heterocycles. The molecule has 3 nitrogen and oxygen atoms in total. The number of hydrogen-bond donors (Lipinski definition) is 2. The van der Waals surface area contributed by atoms with E-state index < -0.39 is 14.7 Å². The first-order valence-electron chi connectivity index (χ1n) is 0.679. The quantitative estimate of drug-likeness (QED) is 0.321. The van der Waals surface area contributed by atoms with Crippen molar-refractivity contribution in [3.63, 3.8) is 0 Å². The summed E-state index contributed by atoms with van der Waals surface area (Å²) >= 11 is -0.625. The van der Waals surface area contributed by atoms with Gasteiger partial charge in [0.05, 0.1) is 0 Å². The van der Waals surface area contributed by atoms with Crippen LogP contribution in [0.4, 0.5) is 0 Å². The van der Waals surface area contributed by atoms with Gasteiger partial charge >= 0.3 is 22.8 Å². The minimum absolute atomic E-state index is 0.625. The van der Waals surface area contributed by atoms with Crippen molar-refractivity contribution in [3.05, 3.63) is 7.05 Å². The Labute approximate surface area is 36.5 Å². The van der Waals surface area contributed by atoms with Crippen LogP contribution in [0, 0.1) is 7.05 Å². The zero-order valence-corrected chi connectivity index (χ0v) is 3.44. The van der Waals surface area contributed by atoms with Crippen molar-refractivity contribution >= 4 is 0 Å². The first kappa shape index (κ1) is 8.96. The fourth-order valence-electron chi connectivity index (χ4n) is 0. The molecule has 0 aliphatic rings. The average molecular weight is 122 g/mol. The molecule has 0 aromatic heterocycles. The van der Waals surface area contributed by atoms with Crippen molar-refractivity contribution in [3.8, 4) is 0 Å². The van der Waals surface area contributed by atoms with E-state index in [0.717, 1.165) is 0 Å². The first-order chi connectivity index (χ1) is 2.41. The van der Waals surface area contributed by atoms with Gasteiger partial charge in [-0.1, -0.05) is 0 Å². The summed E-state index contributed by atoms with van der Waals surface area (Å²) in [6.07, 6.45) is 0. The van der Waals surface area contributed by atoms with Crippen molar-refractivity contribution in [2.45, 2.75) is 0 Å². The SMILES string of the molecule is [CH2-]N.[O]=[Ni][OH]. The summed E-state index contributed by atoms with van der Waals surface area (Å²) in [7, 11) is 2.75. The van der Waals surface area contributed by atoms with E-state index in [9.17, 15) is 0 Å². The fraction of sp³-hybridized carbons (Fsp3) is 0. The molecule has 0 radical (unpaired) electrons. The van der Waals surface area contributed by atoms with Crippen molar-refractivity contribution in [2.24, 2.45) is 5.73 Å². The zero-order chi connectivity index (χ0) is 4.71. The van der Waals surface area contributed by atoms with Gasteiger partial charge in [-0.15, -0.1) is 0 Å². The Bertz CT molecular complexity index is 17.1. The van der Waals surface area contributed by atoms with Crippen molar-refractivity contribution < 1.29 is 22.8 Å². The topological polar surface area (TPSA) is 63.3 Å². The molecule has 0 amide bonds. The van der Waals surface area contributed by atoms with Gasteiger partial charge in [-0.2, -0.15) is 0 Å². The van der Waals surface area contributed by atoms with E-state index >= 15 is 0 Å². The van der Waals surface area contributed by atoms with Gasteiger partial charge in [-0.3, -0.25) is 7.05 Å². The molecule has 0 heterocycles.